The number of carbonyl (C=O) groups excluding carboxylic acids is 2. The number of aldehydes is 1. The molecule has 7 heteroatoms. The van der Waals surface area contributed by atoms with Crippen molar-refractivity contribution in [2.45, 2.75) is 12.5 Å². The van der Waals surface area contributed by atoms with Gasteiger partial charge in [0.05, 0.1) is 17.3 Å². The molecule has 2 heterocycles. The summed E-state index contributed by atoms with van der Waals surface area (Å²) in [6.07, 6.45) is 1.36. The van der Waals surface area contributed by atoms with Gasteiger partial charge in [0.2, 0.25) is 0 Å². The van der Waals surface area contributed by atoms with Crippen molar-refractivity contribution in [2.24, 2.45) is 5.10 Å². The Morgan fingerprint density at radius 2 is 2.03 bits per heavy atom. The maximum atomic E-state index is 13.0. The molecule has 0 fully saturated rings. The van der Waals surface area contributed by atoms with Crippen LogP contribution in [0.1, 0.15) is 33.3 Å². The van der Waals surface area contributed by atoms with Gasteiger partial charge in [-0.1, -0.05) is 52.3 Å². The molecule has 2 aromatic carbocycles. The van der Waals surface area contributed by atoms with Gasteiger partial charge in [-0.2, -0.15) is 5.10 Å². The van der Waals surface area contributed by atoms with Crippen molar-refractivity contribution in [3.63, 3.8) is 0 Å². The van der Waals surface area contributed by atoms with E-state index in [0.29, 0.717) is 24.0 Å². The summed E-state index contributed by atoms with van der Waals surface area (Å²) in [5.74, 6) is 0.116. The first-order valence-corrected chi connectivity index (χ1v) is 10.7. The van der Waals surface area contributed by atoms with Gasteiger partial charge in [0.25, 0.3) is 5.91 Å². The second-order valence-corrected chi connectivity index (χ2v) is 8.37. The van der Waals surface area contributed by atoms with Gasteiger partial charge in [0.1, 0.15) is 5.75 Å². The number of hydrazone groups is 1. The molecule has 0 saturated heterocycles. The topological polar surface area (TPSA) is 59.0 Å². The first-order valence-electron chi connectivity index (χ1n) is 9.01. The Hall–Kier alpha value is -2.77. The summed E-state index contributed by atoms with van der Waals surface area (Å²) in [5.41, 5.74) is 2.26. The first kappa shape index (κ1) is 19.5. The fourth-order valence-corrected chi connectivity index (χ4v) is 4.39. The Balaban J connectivity index is 1.55. The van der Waals surface area contributed by atoms with Gasteiger partial charge in [0.15, 0.2) is 12.9 Å². The zero-order chi connectivity index (χ0) is 20.2. The van der Waals surface area contributed by atoms with E-state index >= 15 is 0 Å². The highest BCUT2D eigenvalue weighted by Crippen LogP contribution is 2.35. The lowest BCUT2D eigenvalue weighted by molar-refractivity contribution is -0.135. The standard InChI is InChI=1S/C22H17BrN2O3S/c23-17-8-9-20(16(11-17)13-26)28-14-22(27)25-19(21-7-4-10-29-21)12-18(24-25)15-5-2-1-3-6-15/h1-11,13,19H,12,14H2. The molecule has 3 aromatic rings. The molecule has 0 bridgehead atoms. The molecular weight excluding hydrogens is 452 g/mol. The zero-order valence-electron chi connectivity index (χ0n) is 15.3. The van der Waals surface area contributed by atoms with Crippen LogP contribution in [0, 0.1) is 0 Å². The number of nitrogens with zero attached hydrogens (tertiary/aromatic N) is 2. The zero-order valence-corrected chi connectivity index (χ0v) is 17.7. The molecule has 1 amide bonds. The van der Waals surface area contributed by atoms with Crippen LogP contribution in [0.2, 0.25) is 0 Å². The Labute approximate surface area is 180 Å². The van der Waals surface area contributed by atoms with Crippen LogP contribution in [0.15, 0.2) is 75.6 Å². The van der Waals surface area contributed by atoms with E-state index < -0.39 is 0 Å². The van der Waals surface area contributed by atoms with Crippen LogP contribution in [-0.2, 0) is 4.79 Å². The van der Waals surface area contributed by atoms with Crippen molar-refractivity contribution < 1.29 is 14.3 Å². The van der Waals surface area contributed by atoms with E-state index in [9.17, 15) is 9.59 Å². The van der Waals surface area contributed by atoms with E-state index in [4.69, 9.17) is 4.74 Å². The lowest BCUT2D eigenvalue weighted by atomic mass is 10.0. The lowest BCUT2D eigenvalue weighted by Crippen LogP contribution is -2.31. The fourth-order valence-electron chi connectivity index (χ4n) is 3.20. The number of carbonyl (C=O) groups is 2. The molecule has 0 aliphatic carbocycles. The van der Waals surface area contributed by atoms with Gasteiger partial charge in [-0.05, 0) is 35.2 Å². The number of hydrogen-bond acceptors (Lipinski definition) is 5. The number of hydrogen-bond donors (Lipinski definition) is 0. The molecule has 29 heavy (non-hydrogen) atoms. The second-order valence-electron chi connectivity index (χ2n) is 6.48. The van der Waals surface area contributed by atoms with E-state index in [-0.39, 0.29) is 18.6 Å². The minimum atomic E-state index is -0.255. The third kappa shape index (κ3) is 4.31. The molecule has 0 spiro atoms. The number of rotatable bonds is 6. The summed E-state index contributed by atoms with van der Waals surface area (Å²) in [5, 5.41) is 8.12. The smallest absolute Gasteiger partial charge is 0.281 e. The molecular formula is C22H17BrN2O3S. The van der Waals surface area contributed by atoms with Crippen molar-refractivity contribution in [3.8, 4) is 5.75 Å². The molecule has 4 rings (SSSR count). The highest BCUT2D eigenvalue weighted by atomic mass is 79.9. The number of halogens is 1. The SMILES string of the molecule is O=Cc1cc(Br)ccc1OCC(=O)N1N=C(c2ccccc2)CC1c1cccs1. The molecule has 5 nitrogen and oxygen atoms in total. The Morgan fingerprint density at radius 3 is 2.76 bits per heavy atom. The number of ether oxygens (including phenoxy) is 1. The molecule has 1 aromatic heterocycles. The molecule has 0 saturated carbocycles. The molecule has 0 N–H and O–H groups in total. The highest BCUT2D eigenvalue weighted by Gasteiger charge is 2.33. The number of amides is 1. The molecule has 146 valence electrons. The van der Waals surface area contributed by atoms with Crippen LogP contribution in [-0.4, -0.2) is 29.5 Å². The summed E-state index contributed by atoms with van der Waals surface area (Å²) < 4.78 is 6.43. The summed E-state index contributed by atoms with van der Waals surface area (Å²) in [6.45, 7) is -0.198. The Bertz CT molecular complexity index is 1050. The normalized spacial score (nSPS) is 15.8. The van der Waals surface area contributed by atoms with E-state index in [1.54, 1.807) is 29.5 Å². The van der Waals surface area contributed by atoms with Crippen LogP contribution >= 0.6 is 27.3 Å². The molecule has 0 radical (unpaired) electrons. The van der Waals surface area contributed by atoms with Crippen molar-refractivity contribution in [1.82, 2.24) is 5.01 Å². The van der Waals surface area contributed by atoms with Crippen LogP contribution < -0.4 is 4.74 Å². The Morgan fingerprint density at radius 1 is 1.21 bits per heavy atom. The van der Waals surface area contributed by atoms with Crippen molar-refractivity contribution in [2.75, 3.05) is 6.61 Å². The van der Waals surface area contributed by atoms with E-state index in [1.165, 1.54) is 5.01 Å². The Kier molecular flexibility index (Phi) is 5.87. The summed E-state index contributed by atoms with van der Waals surface area (Å²) >= 11 is 4.92. The van der Waals surface area contributed by atoms with Gasteiger partial charge >= 0.3 is 0 Å². The largest absolute Gasteiger partial charge is 0.483 e. The predicted octanol–water partition coefficient (Wildman–Crippen LogP) is 5.08. The van der Waals surface area contributed by atoms with Crippen LogP contribution in [0.5, 0.6) is 5.75 Å². The first-order chi connectivity index (χ1) is 14.2. The molecule has 1 atom stereocenters. The maximum absolute atomic E-state index is 13.0. The monoisotopic (exact) mass is 468 g/mol. The lowest BCUT2D eigenvalue weighted by Gasteiger charge is -2.21. The molecule has 1 unspecified atom stereocenters. The van der Waals surface area contributed by atoms with Crippen LogP contribution in [0.3, 0.4) is 0 Å². The average molecular weight is 469 g/mol. The van der Waals surface area contributed by atoms with Crippen LogP contribution in [0.4, 0.5) is 0 Å². The van der Waals surface area contributed by atoms with Crippen molar-refractivity contribution in [1.29, 1.82) is 0 Å². The molecule has 1 aliphatic rings. The third-order valence-corrected chi connectivity index (χ3v) is 6.06. The van der Waals surface area contributed by atoms with Crippen molar-refractivity contribution in [3.05, 3.63) is 86.5 Å². The highest BCUT2D eigenvalue weighted by molar-refractivity contribution is 9.10. The van der Waals surface area contributed by atoms with Gasteiger partial charge in [-0.25, -0.2) is 5.01 Å². The van der Waals surface area contributed by atoms with Gasteiger partial charge in [-0.15, -0.1) is 11.3 Å². The summed E-state index contributed by atoms with van der Waals surface area (Å²) in [4.78, 5) is 25.3. The number of benzene rings is 2. The summed E-state index contributed by atoms with van der Waals surface area (Å²) in [7, 11) is 0. The summed E-state index contributed by atoms with van der Waals surface area (Å²) in [6, 6.07) is 18.8. The van der Waals surface area contributed by atoms with Gasteiger partial charge in [0, 0.05) is 15.8 Å². The minimum Gasteiger partial charge on any atom is -0.483 e. The number of thiophene rings is 1. The third-order valence-electron chi connectivity index (χ3n) is 4.59. The van der Waals surface area contributed by atoms with E-state index in [0.717, 1.165) is 20.6 Å². The maximum Gasteiger partial charge on any atom is 0.281 e. The van der Waals surface area contributed by atoms with Crippen LogP contribution in [0.25, 0.3) is 0 Å². The van der Waals surface area contributed by atoms with Crippen molar-refractivity contribution >= 4 is 45.2 Å². The average Bonchev–Trinajstić information content (AvgIpc) is 3.43. The predicted molar refractivity (Wildman–Crippen MR) is 117 cm³/mol. The quantitative estimate of drug-likeness (QED) is 0.473. The molecule has 1 aliphatic heterocycles. The van der Waals surface area contributed by atoms with E-state index in [2.05, 4.69) is 21.0 Å². The minimum absolute atomic E-state index is 0.156. The van der Waals surface area contributed by atoms with Gasteiger partial charge in [-0.3, -0.25) is 9.59 Å². The van der Waals surface area contributed by atoms with E-state index in [1.807, 2.05) is 47.8 Å². The fraction of sp³-hybridized carbons (Fsp3) is 0.136. The second kappa shape index (κ2) is 8.71. The van der Waals surface area contributed by atoms with Gasteiger partial charge < -0.3 is 4.74 Å².